The van der Waals surface area contributed by atoms with Gasteiger partial charge in [0.25, 0.3) is 0 Å². The van der Waals surface area contributed by atoms with Gasteiger partial charge in [-0.1, -0.05) is 43.2 Å². The highest BCUT2D eigenvalue weighted by molar-refractivity contribution is 5.89. The fourth-order valence-electron chi connectivity index (χ4n) is 2.82. The molecule has 1 heterocycles. The van der Waals surface area contributed by atoms with Crippen LogP contribution in [-0.2, 0) is 7.05 Å². The molecule has 21 heavy (non-hydrogen) atoms. The molecule has 0 saturated heterocycles. The third-order valence-corrected chi connectivity index (χ3v) is 3.88. The fourth-order valence-corrected chi connectivity index (χ4v) is 2.82. The van der Waals surface area contributed by atoms with Crippen molar-refractivity contribution in [3.8, 4) is 11.3 Å². The van der Waals surface area contributed by atoms with Gasteiger partial charge in [-0.3, -0.25) is 10.00 Å². The largest absolute Gasteiger partial charge is 0.335 e. The topological polar surface area (TPSA) is 59.0 Å². The van der Waals surface area contributed by atoms with Crippen LogP contribution in [-0.4, -0.2) is 21.9 Å². The average Bonchev–Trinajstić information content (AvgIpc) is 3.09. The number of nitrogens with one attached hydrogen (secondary N) is 2. The van der Waals surface area contributed by atoms with E-state index in [0.717, 1.165) is 24.1 Å². The van der Waals surface area contributed by atoms with Crippen LogP contribution in [0.4, 0.5) is 10.6 Å². The van der Waals surface area contributed by atoms with Gasteiger partial charge in [-0.15, -0.1) is 0 Å². The maximum Gasteiger partial charge on any atom is 0.320 e. The summed E-state index contributed by atoms with van der Waals surface area (Å²) in [5.74, 6) is 0.576. The molecule has 5 heteroatoms. The minimum atomic E-state index is -0.167. The van der Waals surface area contributed by atoms with Gasteiger partial charge < -0.3 is 5.32 Å². The quantitative estimate of drug-likeness (QED) is 0.909. The third kappa shape index (κ3) is 3.24. The van der Waals surface area contributed by atoms with Crippen LogP contribution in [0.5, 0.6) is 0 Å². The molecule has 1 aromatic carbocycles. The molecular formula is C16H20N4O. The minimum absolute atomic E-state index is 0.167. The Bertz CT molecular complexity index is 614. The Morgan fingerprint density at radius 3 is 2.67 bits per heavy atom. The monoisotopic (exact) mass is 284 g/mol. The Balaban J connectivity index is 1.68. The molecule has 110 valence electrons. The van der Waals surface area contributed by atoms with E-state index in [2.05, 4.69) is 15.7 Å². The van der Waals surface area contributed by atoms with Crippen molar-refractivity contribution in [3.05, 3.63) is 36.4 Å². The second-order valence-corrected chi connectivity index (χ2v) is 5.48. The molecular weight excluding hydrogens is 264 g/mol. The van der Waals surface area contributed by atoms with Gasteiger partial charge in [-0.05, 0) is 18.4 Å². The Labute approximate surface area is 124 Å². The molecule has 0 bridgehead atoms. The lowest BCUT2D eigenvalue weighted by molar-refractivity contribution is 0.248. The first-order valence-corrected chi connectivity index (χ1v) is 7.39. The van der Waals surface area contributed by atoms with E-state index in [1.54, 1.807) is 4.68 Å². The second kappa shape index (κ2) is 5.99. The number of aromatic nitrogens is 2. The van der Waals surface area contributed by atoms with Gasteiger partial charge in [0.1, 0.15) is 0 Å². The Hall–Kier alpha value is -2.30. The van der Waals surface area contributed by atoms with E-state index in [-0.39, 0.29) is 6.03 Å². The van der Waals surface area contributed by atoms with E-state index in [1.165, 1.54) is 12.8 Å². The van der Waals surface area contributed by atoms with E-state index in [1.807, 2.05) is 43.4 Å². The van der Waals surface area contributed by atoms with Crippen LogP contribution in [0.15, 0.2) is 36.4 Å². The number of benzene rings is 1. The summed E-state index contributed by atoms with van der Waals surface area (Å²) in [6.45, 7) is 0. The normalized spacial score (nSPS) is 15.1. The van der Waals surface area contributed by atoms with Crippen molar-refractivity contribution in [2.75, 3.05) is 5.32 Å². The summed E-state index contributed by atoms with van der Waals surface area (Å²) in [6, 6.07) is 12.0. The number of rotatable bonds is 3. The summed E-state index contributed by atoms with van der Waals surface area (Å²) < 4.78 is 1.78. The van der Waals surface area contributed by atoms with Gasteiger partial charge >= 0.3 is 6.03 Å². The third-order valence-electron chi connectivity index (χ3n) is 3.88. The number of carbonyl (C=O) groups excluding carboxylic acids is 1. The van der Waals surface area contributed by atoms with Gasteiger partial charge in [0.2, 0.25) is 0 Å². The maximum absolute atomic E-state index is 12.0. The minimum Gasteiger partial charge on any atom is -0.335 e. The van der Waals surface area contributed by atoms with Crippen molar-refractivity contribution < 1.29 is 4.79 Å². The number of hydrogen-bond donors (Lipinski definition) is 2. The van der Waals surface area contributed by atoms with Crippen molar-refractivity contribution >= 4 is 11.8 Å². The van der Waals surface area contributed by atoms with E-state index in [0.29, 0.717) is 11.9 Å². The Morgan fingerprint density at radius 1 is 1.24 bits per heavy atom. The molecule has 2 aromatic rings. The van der Waals surface area contributed by atoms with Crippen LogP contribution in [0.25, 0.3) is 11.3 Å². The number of aryl methyl sites for hydroxylation is 1. The predicted molar refractivity (Wildman–Crippen MR) is 83.1 cm³/mol. The number of amides is 2. The highest BCUT2D eigenvalue weighted by atomic mass is 16.2. The molecule has 1 fully saturated rings. The van der Waals surface area contributed by atoms with Crippen molar-refractivity contribution in [2.45, 2.75) is 31.7 Å². The van der Waals surface area contributed by atoms with E-state index < -0.39 is 0 Å². The summed E-state index contributed by atoms with van der Waals surface area (Å²) in [4.78, 5) is 12.0. The van der Waals surface area contributed by atoms with Crippen molar-refractivity contribution in [1.29, 1.82) is 0 Å². The van der Waals surface area contributed by atoms with Gasteiger partial charge in [-0.25, -0.2) is 4.79 Å². The molecule has 2 N–H and O–H groups in total. The molecule has 1 aromatic heterocycles. The van der Waals surface area contributed by atoms with Crippen LogP contribution in [0.3, 0.4) is 0 Å². The molecule has 3 rings (SSSR count). The number of hydrogen-bond acceptors (Lipinski definition) is 2. The molecule has 0 spiro atoms. The predicted octanol–water partition coefficient (Wildman–Crippen LogP) is 3.15. The van der Waals surface area contributed by atoms with Crippen molar-refractivity contribution in [1.82, 2.24) is 15.1 Å². The summed E-state index contributed by atoms with van der Waals surface area (Å²) in [6.07, 6.45) is 4.55. The van der Waals surface area contributed by atoms with Gasteiger partial charge in [0.05, 0.1) is 5.69 Å². The van der Waals surface area contributed by atoms with Gasteiger partial charge in [-0.2, -0.15) is 5.10 Å². The lowest BCUT2D eigenvalue weighted by Crippen LogP contribution is -2.36. The highest BCUT2D eigenvalue weighted by Gasteiger charge is 2.17. The Morgan fingerprint density at radius 2 is 1.95 bits per heavy atom. The van der Waals surface area contributed by atoms with E-state index in [4.69, 9.17) is 0 Å². The number of urea groups is 1. The summed E-state index contributed by atoms with van der Waals surface area (Å²) in [5.41, 5.74) is 2.06. The molecule has 5 nitrogen and oxygen atoms in total. The SMILES string of the molecule is Cn1nc(NC(=O)NC2CCCC2)cc1-c1ccccc1. The first-order valence-electron chi connectivity index (χ1n) is 7.39. The van der Waals surface area contributed by atoms with Crippen molar-refractivity contribution in [3.63, 3.8) is 0 Å². The van der Waals surface area contributed by atoms with E-state index >= 15 is 0 Å². The highest BCUT2D eigenvalue weighted by Crippen LogP contribution is 2.22. The van der Waals surface area contributed by atoms with Crippen LogP contribution in [0.2, 0.25) is 0 Å². The maximum atomic E-state index is 12.0. The zero-order valence-electron chi connectivity index (χ0n) is 12.2. The molecule has 0 aliphatic heterocycles. The Kier molecular flexibility index (Phi) is 3.90. The number of anilines is 1. The fraction of sp³-hybridized carbons (Fsp3) is 0.375. The molecule has 0 radical (unpaired) electrons. The molecule has 0 atom stereocenters. The molecule has 1 saturated carbocycles. The van der Waals surface area contributed by atoms with Crippen LogP contribution in [0.1, 0.15) is 25.7 Å². The number of nitrogens with zero attached hydrogens (tertiary/aromatic N) is 2. The lowest BCUT2D eigenvalue weighted by Gasteiger charge is -2.11. The lowest BCUT2D eigenvalue weighted by atomic mass is 10.1. The second-order valence-electron chi connectivity index (χ2n) is 5.48. The van der Waals surface area contributed by atoms with Crippen molar-refractivity contribution in [2.24, 2.45) is 7.05 Å². The average molecular weight is 284 g/mol. The first-order chi connectivity index (χ1) is 10.2. The molecule has 1 aliphatic rings. The van der Waals surface area contributed by atoms with Crippen LogP contribution >= 0.6 is 0 Å². The summed E-state index contributed by atoms with van der Waals surface area (Å²) in [7, 11) is 1.88. The van der Waals surface area contributed by atoms with Crippen LogP contribution < -0.4 is 10.6 Å². The zero-order valence-corrected chi connectivity index (χ0v) is 12.2. The molecule has 0 unspecified atom stereocenters. The molecule has 2 amide bonds. The number of carbonyl (C=O) groups is 1. The summed E-state index contributed by atoms with van der Waals surface area (Å²) >= 11 is 0. The standard InChI is InChI=1S/C16H20N4O/c1-20-14(12-7-3-2-4-8-12)11-15(19-20)18-16(21)17-13-9-5-6-10-13/h2-4,7-8,11,13H,5-6,9-10H2,1H3,(H2,17,18,19,21). The molecule has 1 aliphatic carbocycles. The smallest absolute Gasteiger partial charge is 0.320 e. The summed E-state index contributed by atoms with van der Waals surface area (Å²) in [5, 5.41) is 10.2. The first kappa shape index (κ1) is 13.7. The van der Waals surface area contributed by atoms with E-state index in [9.17, 15) is 4.79 Å². The zero-order chi connectivity index (χ0) is 14.7. The van der Waals surface area contributed by atoms with Gasteiger partial charge in [0.15, 0.2) is 5.82 Å². The van der Waals surface area contributed by atoms with Crippen LogP contribution in [0, 0.1) is 0 Å². The van der Waals surface area contributed by atoms with Gasteiger partial charge in [0, 0.05) is 19.2 Å².